The fourth-order valence-electron chi connectivity index (χ4n) is 2.44. The molecule has 0 aliphatic heterocycles. The highest BCUT2D eigenvalue weighted by atomic mass is 32.2. The van der Waals surface area contributed by atoms with Crippen LogP contribution < -0.4 is 10.6 Å². The summed E-state index contributed by atoms with van der Waals surface area (Å²) in [6.07, 6.45) is 0. The predicted octanol–water partition coefficient (Wildman–Crippen LogP) is 4.35. The molecule has 1 aromatic heterocycles. The van der Waals surface area contributed by atoms with E-state index in [0.717, 1.165) is 27.7 Å². The average molecular weight is 387 g/mol. The van der Waals surface area contributed by atoms with Crippen molar-refractivity contribution in [3.63, 3.8) is 0 Å². The molecule has 144 valence electrons. The van der Waals surface area contributed by atoms with Crippen LogP contribution in [0.2, 0.25) is 0 Å². The minimum atomic E-state index is -0.541. The third-order valence-electron chi connectivity index (χ3n) is 3.90. The van der Waals surface area contributed by atoms with Gasteiger partial charge in [0.1, 0.15) is 10.9 Å². The summed E-state index contributed by atoms with van der Waals surface area (Å²) in [7, 11) is 0. The molecule has 0 aliphatic carbocycles. The lowest BCUT2D eigenvalue weighted by atomic mass is 10.1. The monoisotopic (exact) mass is 386 g/mol. The number of nitrogens with one attached hydrogen (secondary N) is 2. The number of carbonyl (C=O) groups is 2. The number of nitrogens with zero attached hydrogens (tertiary/aromatic N) is 2. The Morgan fingerprint density at radius 3 is 2.37 bits per heavy atom. The molecular weight excluding hydrogens is 360 g/mol. The fraction of sp³-hybridized carbons (Fsp3) is 0.400. The summed E-state index contributed by atoms with van der Waals surface area (Å²) in [4.78, 5) is 33.4. The van der Waals surface area contributed by atoms with Crippen molar-refractivity contribution in [1.29, 1.82) is 0 Å². The van der Waals surface area contributed by atoms with E-state index in [-0.39, 0.29) is 11.8 Å². The number of urea groups is 1. The third-order valence-corrected chi connectivity index (χ3v) is 4.92. The molecule has 0 unspecified atom stereocenters. The molecule has 1 atom stereocenters. The van der Waals surface area contributed by atoms with Crippen molar-refractivity contribution >= 4 is 29.4 Å². The number of benzene rings is 1. The highest BCUT2D eigenvalue weighted by Crippen LogP contribution is 2.24. The maximum absolute atomic E-state index is 12.4. The molecule has 0 spiro atoms. The van der Waals surface area contributed by atoms with Gasteiger partial charge in [-0.15, -0.1) is 0 Å². The summed E-state index contributed by atoms with van der Waals surface area (Å²) in [6.45, 7) is 11.6. The Morgan fingerprint density at radius 2 is 1.74 bits per heavy atom. The van der Waals surface area contributed by atoms with Gasteiger partial charge < -0.3 is 5.32 Å². The quantitative estimate of drug-likeness (QED) is 0.589. The van der Waals surface area contributed by atoms with Crippen LogP contribution in [0.15, 0.2) is 29.3 Å². The zero-order valence-electron chi connectivity index (χ0n) is 16.6. The summed E-state index contributed by atoms with van der Waals surface area (Å²) in [5.41, 5.74) is 3.59. The number of aryl methyl sites for hydroxylation is 3. The SMILES string of the molecule is Cc1ccc(NC(=O)NC(=O)[C@H](C)Sc2cc(C)nc(C(C)C)n2)c(C)c1. The van der Waals surface area contributed by atoms with Gasteiger partial charge in [-0.3, -0.25) is 10.1 Å². The normalized spacial score (nSPS) is 12.0. The molecule has 1 aromatic carbocycles. The highest BCUT2D eigenvalue weighted by molar-refractivity contribution is 8.00. The molecule has 0 radical (unpaired) electrons. The van der Waals surface area contributed by atoms with Crippen LogP contribution in [0.5, 0.6) is 0 Å². The zero-order valence-corrected chi connectivity index (χ0v) is 17.4. The van der Waals surface area contributed by atoms with Crippen molar-refractivity contribution < 1.29 is 9.59 Å². The lowest BCUT2D eigenvalue weighted by molar-refractivity contribution is -0.119. The second-order valence-corrected chi connectivity index (χ2v) is 8.24. The number of carbonyl (C=O) groups excluding carboxylic acids is 2. The summed E-state index contributed by atoms with van der Waals surface area (Å²) < 4.78 is 0. The molecule has 0 bridgehead atoms. The van der Waals surface area contributed by atoms with Gasteiger partial charge in [0.2, 0.25) is 5.91 Å². The molecule has 2 N–H and O–H groups in total. The van der Waals surface area contributed by atoms with E-state index in [2.05, 4.69) is 20.6 Å². The number of rotatable bonds is 5. The van der Waals surface area contributed by atoms with Crippen LogP contribution in [-0.4, -0.2) is 27.2 Å². The number of thioether (sulfide) groups is 1. The van der Waals surface area contributed by atoms with Crippen LogP contribution >= 0.6 is 11.8 Å². The molecule has 0 fully saturated rings. The van der Waals surface area contributed by atoms with Crippen molar-refractivity contribution in [2.24, 2.45) is 0 Å². The minimum Gasteiger partial charge on any atom is -0.307 e. The Balaban J connectivity index is 1.98. The number of amides is 3. The Labute approximate surface area is 164 Å². The van der Waals surface area contributed by atoms with Crippen LogP contribution in [0.1, 0.15) is 49.3 Å². The molecule has 6 nitrogen and oxygen atoms in total. The first kappa shape index (κ1) is 20.9. The summed E-state index contributed by atoms with van der Waals surface area (Å²) >= 11 is 1.31. The van der Waals surface area contributed by atoms with E-state index in [1.165, 1.54) is 11.8 Å². The van der Waals surface area contributed by atoms with Gasteiger partial charge in [0, 0.05) is 17.3 Å². The molecule has 2 rings (SSSR count). The third kappa shape index (κ3) is 6.06. The number of hydrogen-bond acceptors (Lipinski definition) is 5. The topological polar surface area (TPSA) is 84.0 Å². The molecule has 0 saturated carbocycles. The van der Waals surface area contributed by atoms with Gasteiger partial charge in [0.25, 0.3) is 0 Å². The highest BCUT2D eigenvalue weighted by Gasteiger charge is 2.19. The first-order valence-electron chi connectivity index (χ1n) is 8.87. The smallest absolute Gasteiger partial charge is 0.307 e. The number of aromatic nitrogens is 2. The van der Waals surface area contributed by atoms with Gasteiger partial charge >= 0.3 is 6.03 Å². The van der Waals surface area contributed by atoms with Gasteiger partial charge in [0.15, 0.2) is 0 Å². The second-order valence-electron chi connectivity index (χ2n) is 6.88. The van der Waals surface area contributed by atoms with Gasteiger partial charge in [-0.2, -0.15) is 0 Å². The molecule has 3 amide bonds. The van der Waals surface area contributed by atoms with E-state index in [0.29, 0.717) is 5.69 Å². The van der Waals surface area contributed by atoms with Crippen molar-refractivity contribution in [2.45, 2.75) is 57.7 Å². The van der Waals surface area contributed by atoms with Crippen LogP contribution in [0.25, 0.3) is 0 Å². The van der Waals surface area contributed by atoms with Crippen LogP contribution in [0.3, 0.4) is 0 Å². The van der Waals surface area contributed by atoms with Gasteiger partial charge in [-0.25, -0.2) is 14.8 Å². The first-order chi connectivity index (χ1) is 12.7. The molecule has 27 heavy (non-hydrogen) atoms. The van der Waals surface area contributed by atoms with E-state index < -0.39 is 11.3 Å². The van der Waals surface area contributed by atoms with E-state index in [1.54, 1.807) is 6.92 Å². The van der Waals surface area contributed by atoms with Crippen LogP contribution in [0.4, 0.5) is 10.5 Å². The maximum atomic E-state index is 12.4. The van der Waals surface area contributed by atoms with Gasteiger partial charge in [-0.05, 0) is 45.4 Å². The lowest BCUT2D eigenvalue weighted by Crippen LogP contribution is -2.39. The average Bonchev–Trinajstić information content (AvgIpc) is 2.56. The van der Waals surface area contributed by atoms with Crippen LogP contribution in [-0.2, 0) is 4.79 Å². The van der Waals surface area contributed by atoms with E-state index in [9.17, 15) is 9.59 Å². The number of hydrogen-bond donors (Lipinski definition) is 2. The summed E-state index contributed by atoms with van der Waals surface area (Å²) in [5.74, 6) is 0.583. The minimum absolute atomic E-state index is 0.205. The Morgan fingerprint density at radius 1 is 1.04 bits per heavy atom. The van der Waals surface area contributed by atoms with Crippen molar-refractivity contribution in [3.05, 3.63) is 46.9 Å². The molecule has 0 aliphatic rings. The van der Waals surface area contributed by atoms with Crippen molar-refractivity contribution in [3.8, 4) is 0 Å². The van der Waals surface area contributed by atoms with Crippen molar-refractivity contribution in [2.75, 3.05) is 5.32 Å². The first-order valence-corrected chi connectivity index (χ1v) is 9.75. The maximum Gasteiger partial charge on any atom is 0.325 e. The molecule has 2 aromatic rings. The number of imide groups is 1. The lowest BCUT2D eigenvalue weighted by Gasteiger charge is -2.14. The molecule has 1 heterocycles. The van der Waals surface area contributed by atoms with E-state index >= 15 is 0 Å². The molecular formula is C20H26N4O2S. The van der Waals surface area contributed by atoms with Gasteiger partial charge in [0.05, 0.1) is 5.25 Å². The standard InChI is InChI=1S/C20H26N4O2S/c1-11(2)18-21-14(5)10-17(23-18)27-15(6)19(25)24-20(26)22-16-8-7-12(3)9-13(16)4/h7-11,15H,1-6H3,(H2,22,24,25,26)/t15-/m0/s1. The zero-order chi connectivity index (χ0) is 20.1. The Kier molecular flexibility index (Phi) is 6.96. The summed E-state index contributed by atoms with van der Waals surface area (Å²) in [6, 6.07) is 7.01. The van der Waals surface area contributed by atoms with E-state index in [1.807, 2.05) is 58.9 Å². The predicted molar refractivity (Wildman–Crippen MR) is 109 cm³/mol. The second kappa shape index (κ2) is 8.99. The molecule has 0 saturated heterocycles. The largest absolute Gasteiger partial charge is 0.325 e. The summed E-state index contributed by atoms with van der Waals surface area (Å²) in [5, 5.41) is 5.36. The Hall–Kier alpha value is -2.41. The number of anilines is 1. The molecule has 7 heteroatoms. The van der Waals surface area contributed by atoms with Gasteiger partial charge in [-0.1, -0.05) is 43.3 Å². The fourth-order valence-corrected chi connectivity index (χ4v) is 3.35. The van der Waals surface area contributed by atoms with Crippen LogP contribution in [0, 0.1) is 20.8 Å². The van der Waals surface area contributed by atoms with Crippen molar-refractivity contribution in [1.82, 2.24) is 15.3 Å². The van der Waals surface area contributed by atoms with E-state index in [4.69, 9.17) is 0 Å². The Bertz CT molecular complexity index is 852.